The summed E-state index contributed by atoms with van der Waals surface area (Å²) < 4.78 is 19.4. The second-order valence-electron chi connectivity index (χ2n) is 8.46. The number of halogens is 1. The van der Waals surface area contributed by atoms with Crippen LogP contribution in [0.3, 0.4) is 0 Å². The Hall–Kier alpha value is -3.45. The molecule has 33 heavy (non-hydrogen) atoms. The predicted molar refractivity (Wildman–Crippen MR) is 127 cm³/mol. The van der Waals surface area contributed by atoms with E-state index >= 15 is 0 Å². The van der Waals surface area contributed by atoms with Crippen molar-refractivity contribution in [3.05, 3.63) is 70.8 Å². The first-order valence-electron chi connectivity index (χ1n) is 11.3. The number of H-pyrrole nitrogens is 1. The third-order valence-electron chi connectivity index (χ3n) is 6.30. The second kappa shape index (κ2) is 8.83. The number of benzene rings is 2. The smallest absolute Gasteiger partial charge is 0.234 e. The number of para-hydroxylation sites is 1. The summed E-state index contributed by atoms with van der Waals surface area (Å²) in [6.45, 7) is 4.34. The van der Waals surface area contributed by atoms with Crippen LogP contribution >= 0.6 is 0 Å². The number of pyridine rings is 1. The lowest BCUT2D eigenvalue weighted by Gasteiger charge is -2.28. The fourth-order valence-corrected chi connectivity index (χ4v) is 4.80. The second-order valence-corrected chi connectivity index (χ2v) is 8.46. The van der Waals surface area contributed by atoms with E-state index in [1.165, 1.54) is 29.5 Å². The van der Waals surface area contributed by atoms with E-state index < -0.39 is 0 Å². The van der Waals surface area contributed by atoms with E-state index in [2.05, 4.69) is 27.3 Å². The first-order chi connectivity index (χ1) is 16.1. The van der Waals surface area contributed by atoms with Crippen molar-refractivity contribution in [1.82, 2.24) is 20.2 Å². The fourth-order valence-electron chi connectivity index (χ4n) is 4.80. The number of aromatic nitrogens is 2. The molecule has 1 aliphatic heterocycles. The van der Waals surface area contributed by atoms with Crippen LogP contribution in [-0.4, -0.2) is 47.5 Å². The minimum atomic E-state index is -0.381. The molecular weight excluding hydrogens is 419 g/mol. The van der Waals surface area contributed by atoms with E-state index in [0.29, 0.717) is 26.1 Å². The molecule has 2 N–H and O–H groups in total. The van der Waals surface area contributed by atoms with E-state index in [-0.39, 0.29) is 17.5 Å². The SMILES string of the molecule is CCNC(=O)CN1CCc2c(nc(Cc3ccc(OC)c(F)c3)c3[nH]c4ccccc4c23)C1. The van der Waals surface area contributed by atoms with Crippen molar-refractivity contribution >= 4 is 27.7 Å². The number of nitrogens with one attached hydrogen (secondary N) is 2. The summed E-state index contributed by atoms with van der Waals surface area (Å²) in [4.78, 5) is 22.9. The summed E-state index contributed by atoms with van der Waals surface area (Å²) in [7, 11) is 1.46. The Morgan fingerprint density at radius 3 is 2.91 bits per heavy atom. The van der Waals surface area contributed by atoms with Gasteiger partial charge >= 0.3 is 0 Å². The molecule has 0 fully saturated rings. The first kappa shape index (κ1) is 21.4. The monoisotopic (exact) mass is 446 g/mol. The van der Waals surface area contributed by atoms with Gasteiger partial charge in [-0.05, 0) is 42.7 Å². The molecule has 170 valence electrons. The number of likely N-dealkylation sites (N-methyl/N-ethyl adjacent to an activating group) is 1. The van der Waals surface area contributed by atoms with Crippen LogP contribution in [0, 0.1) is 5.82 Å². The number of hydrogen-bond acceptors (Lipinski definition) is 4. The lowest BCUT2D eigenvalue weighted by molar-refractivity contribution is -0.122. The molecule has 2 aromatic carbocycles. The Morgan fingerprint density at radius 2 is 2.12 bits per heavy atom. The molecule has 0 saturated carbocycles. The summed E-state index contributed by atoms with van der Waals surface area (Å²) >= 11 is 0. The van der Waals surface area contributed by atoms with Crippen LogP contribution in [0.2, 0.25) is 0 Å². The zero-order valence-electron chi connectivity index (χ0n) is 18.9. The van der Waals surface area contributed by atoms with Crippen LogP contribution < -0.4 is 10.1 Å². The highest BCUT2D eigenvalue weighted by molar-refractivity contribution is 6.10. The van der Waals surface area contributed by atoms with Gasteiger partial charge in [-0.25, -0.2) is 4.39 Å². The Labute approximate surface area is 191 Å². The van der Waals surface area contributed by atoms with Gasteiger partial charge in [-0.15, -0.1) is 0 Å². The van der Waals surface area contributed by atoms with Gasteiger partial charge in [0.25, 0.3) is 0 Å². The maximum atomic E-state index is 14.3. The number of aromatic amines is 1. The van der Waals surface area contributed by atoms with Gasteiger partial charge in [0.05, 0.1) is 30.6 Å². The number of carbonyl (C=O) groups is 1. The van der Waals surface area contributed by atoms with Crippen molar-refractivity contribution < 1.29 is 13.9 Å². The molecule has 0 radical (unpaired) electrons. The summed E-state index contributed by atoms with van der Waals surface area (Å²) in [5.41, 5.74) is 6.00. The molecule has 1 aliphatic rings. The van der Waals surface area contributed by atoms with Gasteiger partial charge in [0.15, 0.2) is 11.6 Å². The summed E-state index contributed by atoms with van der Waals surface area (Å²) in [6.07, 6.45) is 1.32. The highest BCUT2D eigenvalue weighted by Gasteiger charge is 2.25. The van der Waals surface area contributed by atoms with Crippen LogP contribution in [0.25, 0.3) is 21.8 Å². The van der Waals surface area contributed by atoms with Crippen molar-refractivity contribution in [2.24, 2.45) is 0 Å². The number of fused-ring (bicyclic) bond motifs is 5. The molecule has 1 amide bonds. The third kappa shape index (κ3) is 4.04. The maximum absolute atomic E-state index is 14.3. The average molecular weight is 447 g/mol. The molecular formula is C26H27FN4O2. The number of carbonyl (C=O) groups excluding carboxylic acids is 1. The Morgan fingerprint density at radius 1 is 1.27 bits per heavy atom. The standard InChI is InChI=1S/C26H27FN4O2/c1-3-28-24(32)15-31-11-10-18-22(14-31)29-21(13-16-8-9-23(33-2)19(27)12-16)26-25(18)17-6-4-5-7-20(17)30-26/h4-9,12,30H,3,10-11,13-15H2,1-2H3,(H,28,32). The van der Waals surface area contributed by atoms with Gasteiger partial charge in [0.2, 0.25) is 5.91 Å². The van der Waals surface area contributed by atoms with Gasteiger partial charge in [0.1, 0.15) is 0 Å². The lowest BCUT2D eigenvalue weighted by atomic mass is 9.96. The zero-order chi connectivity index (χ0) is 22.9. The Bertz CT molecular complexity index is 1350. The van der Waals surface area contributed by atoms with E-state index in [4.69, 9.17) is 9.72 Å². The van der Waals surface area contributed by atoms with Crippen molar-refractivity contribution in [3.8, 4) is 5.75 Å². The molecule has 0 atom stereocenters. The number of methoxy groups -OCH3 is 1. The fraction of sp³-hybridized carbons (Fsp3) is 0.308. The minimum Gasteiger partial charge on any atom is -0.494 e. The van der Waals surface area contributed by atoms with E-state index in [1.807, 2.05) is 25.1 Å². The predicted octanol–water partition coefficient (Wildman–Crippen LogP) is 3.95. The van der Waals surface area contributed by atoms with Gasteiger partial charge in [-0.2, -0.15) is 0 Å². The molecule has 0 aliphatic carbocycles. The van der Waals surface area contributed by atoms with Crippen LogP contribution in [0.1, 0.15) is 29.4 Å². The van der Waals surface area contributed by atoms with Gasteiger partial charge in [0, 0.05) is 42.3 Å². The largest absolute Gasteiger partial charge is 0.494 e. The molecule has 5 rings (SSSR count). The molecule has 0 saturated heterocycles. The van der Waals surface area contributed by atoms with Crippen molar-refractivity contribution in [2.75, 3.05) is 26.7 Å². The quantitative estimate of drug-likeness (QED) is 0.471. The molecule has 0 spiro atoms. The van der Waals surface area contributed by atoms with Crippen molar-refractivity contribution in [3.63, 3.8) is 0 Å². The molecule has 3 heterocycles. The highest BCUT2D eigenvalue weighted by Crippen LogP contribution is 2.35. The molecule has 6 nitrogen and oxygen atoms in total. The average Bonchev–Trinajstić information content (AvgIpc) is 3.19. The first-order valence-corrected chi connectivity index (χ1v) is 11.3. The number of rotatable bonds is 6. The molecule has 0 unspecified atom stereocenters. The lowest BCUT2D eigenvalue weighted by Crippen LogP contribution is -2.40. The highest BCUT2D eigenvalue weighted by atomic mass is 19.1. The Kier molecular flexibility index (Phi) is 5.72. The van der Waals surface area contributed by atoms with Gasteiger partial charge in [-0.1, -0.05) is 24.3 Å². The van der Waals surface area contributed by atoms with Gasteiger partial charge in [-0.3, -0.25) is 14.7 Å². The molecule has 7 heteroatoms. The topological polar surface area (TPSA) is 70.2 Å². The zero-order valence-corrected chi connectivity index (χ0v) is 18.9. The Balaban J connectivity index is 1.59. The molecule has 4 aromatic rings. The number of nitrogens with zero attached hydrogens (tertiary/aromatic N) is 2. The number of amides is 1. The maximum Gasteiger partial charge on any atom is 0.234 e. The van der Waals surface area contributed by atoms with Crippen LogP contribution in [0.5, 0.6) is 5.75 Å². The van der Waals surface area contributed by atoms with Crippen LogP contribution in [-0.2, 0) is 24.2 Å². The summed E-state index contributed by atoms with van der Waals surface area (Å²) in [5, 5.41) is 5.24. The molecule has 0 bridgehead atoms. The van der Waals surface area contributed by atoms with Crippen LogP contribution in [0.15, 0.2) is 42.5 Å². The minimum absolute atomic E-state index is 0.0306. The molecule has 2 aromatic heterocycles. The normalized spacial score (nSPS) is 13.9. The summed E-state index contributed by atoms with van der Waals surface area (Å²) in [5.74, 6) is -0.120. The van der Waals surface area contributed by atoms with E-state index in [9.17, 15) is 9.18 Å². The van der Waals surface area contributed by atoms with E-state index in [0.717, 1.165) is 41.0 Å². The van der Waals surface area contributed by atoms with Gasteiger partial charge < -0.3 is 15.0 Å². The summed E-state index contributed by atoms with van der Waals surface area (Å²) in [6, 6.07) is 13.3. The van der Waals surface area contributed by atoms with Crippen LogP contribution in [0.4, 0.5) is 4.39 Å². The third-order valence-corrected chi connectivity index (χ3v) is 6.30. The number of hydrogen-bond donors (Lipinski definition) is 2. The number of ether oxygens (including phenoxy) is 1. The van der Waals surface area contributed by atoms with E-state index in [1.54, 1.807) is 6.07 Å². The van der Waals surface area contributed by atoms with Crippen molar-refractivity contribution in [2.45, 2.75) is 26.3 Å². The van der Waals surface area contributed by atoms with Crippen molar-refractivity contribution in [1.29, 1.82) is 0 Å².